The summed E-state index contributed by atoms with van der Waals surface area (Å²) in [5.41, 5.74) is 12.4. The molecule has 0 aliphatic carbocycles. The Balaban J connectivity index is 1.26. The summed E-state index contributed by atoms with van der Waals surface area (Å²) >= 11 is 0. The molecule has 15 nitrogen and oxygen atoms in total. The molecule has 1 aromatic carbocycles. The fourth-order valence-corrected chi connectivity index (χ4v) is 6.36. The first kappa shape index (κ1) is 27.7. The van der Waals surface area contributed by atoms with Crippen LogP contribution in [-0.2, 0) is 5.41 Å². The molecule has 0 saturated carbocycles. The number of aromatic nitrogens is 2. The first-order valence-electron chi connectivity index (χ1n) is 13.7. The number of carbonyl (C=O) groups is 2. The molecule has 6 rings (SSSR count). The van der Waals surface area contributed by atoms with Gasteiger partial charge in [0, 0.05) is 24.0 Å². The molecular weight excluding hydrogens is 544 g/mol. The summed E-state index contributed by atoms with van der Waals surface area (Å²) in [4.78, 5) is 43.5. The zero-order valence-corrected chi connectivity index (χ0v) is 23.5. The maximum absolute atomic E-state index is 13.6. The van der Waals surface area contributed by atoms with E-state index in [-0.39, 0.29) is 36.2 Å². The molecule has 42 heavy (non-hydrogen) atoms. The van der Waals surface area contributed by atoms with Gasteiger partial charge in [-0.1, -0.05) is 26.0 Å². The number of para-hydroxylation sites is 1. The normalized spacial score (nSPS) is 28.2. The quantitative estimate of drug-likeness (QED) is 0.160. The van der Waals surface area contributed by atoms with Crippen molar-refractivity contribution < 1.29 is 29.5 Å². The van der Waals surface area contributed by atoms with E-state index in [1.165, 1.54) is 11.1 Å². The van der Waals surface area contributed by atoms with Gasteiger partial charge in [-0.15, -0.1) is 0 Å². The fourth-order valence-electron chi connectivity index (χ4n) is 6.36. The minimum atomic E-state index is -2.60. The van der Waals surface area contributed by atoms with Crippen molar-refractivity contribution in [3.8, 4) is 5.75 Å². The third kappa shape index (κ3) is 4.10. The molecule has 1 saturated heterocycles. The number of benzene rings is 1. The first-order valence-corrected chi connectivity index (χ1v) is 13.7. The number of hydrogen-bond acceptors (Lipinski definition) is 12. The van der Waals surface area contributed by atoms with E-state index in [0.717, 1.165) is 12.0 Å². The van der Waals surface area contributed by atoms with Gasteiger partial charge in [0.05, 0.1) is 18.7 Å². The molecule has 1 aromatic heterocycles. The third-order valence-corrected chi connectivity index (χ3v) is 8.62. The lowest BCUT2D eigenvalue weighted by Crippen LogP contribution is -2.90. The van der Waals surface area contributed by atoms with Crippen LogP contribution in [0, 0.1) is 6.92 Å². The zero-order valence-electron chi connectivity index (χ0n) is 23.5. The molecule has 2 unspecified atom stereocenters. The predicted molar refractivity (Wildman–Crippen MR) is 149 cm³/mol. The number of nitrogens with zero attached hydrogens (tertiary/aromatic N) is 4. The van der Waals surface area contributed by atoms with Crippen LogP contribution in [0.5, 0.6) is 5.75 Å². The van der Waals surface area contributed by atoms with Crippen LogP contribution in [0.25, 0.3) is 0 Å². The Kier molecular flexibility index (Phi) is 6.27. The Morgan fingerprint density at radius 3 is 2.79 bits per heavy atom. The molecule has 222 valence electrons. The van der Waals surface area contributed by atoms with E-state index in [1.54, 1.807) is 25.1 Å². The number of nitrogens with two attached hydrogens (primary N) is 2. The molecule has 2 aromatic rings. The highest BCUT2D eigenvalue weighted by Crippen LogP contribution is 2.43. The number of aryl methyl sites for hydroxylation is 1. The lowest BCUT2D eigenvalue weighted by Gasteiger charge is -2.46. The van der Waals surface area contributed by atoms with Crippen molar-refractivity contribution in [2.75, 3.05) is 19.7 Å². The number of rotatable bonds is 5. The fraction of sp³-hybridized carbons (Fsp3) is 0.481. The van der Waals surface area contributed by atoms with E-state index < -0.39 is 41.4 Å². The third-order valence-electron chi connectivity index (χ3n) is 8.62. The van der Waals surface area contributed by atoms with Crippen LogP contribution in [0.2, 0.25) is 0 Å². The average Bonchev–Trinajstić information content (AvgIpc) is 3.40. The van der Waals surface area contributed by atoms with Crippen molar-refractivity contribution in [3.63, 3.8) is 0 Å². The largest absolute Gasteiger partial charge is 0.492 e. The van der Waals surface area contributed by atoms with E-state index in [0.29, 0.717) is 23.6 Å². The Morgan fingerprint density at radius 2 is 2.02 bits per heavy atom. The zero-order chi connectivity index (χ0) is 30.0. The van der Waals surface area contributed by atoms with Gasteiger partial charge >= 0.3 is 5.96 Å². The van der Waals surface area contributed by atoms with Crippen molar-refractivity contribution in [1.82, 2.24) is 30.8 Å². The number of aliphatic imine (C=N–C) groups is 1. The topological polar surface area (TPSA) is 227 Å². The summed E-state index contributed by atoms with van der Waals surface area (Å²) in [5.74, 6) is -3.16. The second kappa shape index (κ2) is 9.52. The highest BCUT2D eigenvalue weighted by molar-refractivity contribution is 5.98. The van der Waals surface area contributed by atoms with Crippen molar-refractivity contribution in [3.05, 3.63) is 53.1 Å². The van der Waals surface area contributed by atoms with Gasteiger partial charge in [0.15, 0.2) is 12.0 Å². The van der Waals surface area contributed by atoms with Crippen LogP contribution in [-0.4, -0.2) is 98.1 Å². The molecule has 4 atom stereocenters. The number of carbonyl (C=O) groups excluding carboxylic acids is 2. The van der Waals surface area contributed by atoms with Gasteiger partial charge in [-0.3, -0.25) is 25.2 Å². The Bertz CT molecular complexity index is 1520. The van der Waals surface area contributed by atoms with Gasteiger partial charge < -0.3 is 31.3 Å². The summed E-state index contributed by atoms with van der Waals surface area (Å²) in [5, 5.41) is 32.0. The van der Waals surface area contributed by atoms with Gasteiger partial charge in [0.2, 0.25) is 11.6 Å². The minimum Gasteiger partial charge on any atom is -0.492 e. The Hall–Kier alpha value is -4.50. The molecule has 0 radical (unpaired) electrons. The van der Waals surface area contributed by atoms with Crippen molar-refractivity contribution in [2.45, 2.75) is 62.2 Å². The van der Waals surface area contributed by atoms with E-state index >= 15 is 0 Å². The molecule has 2 amide bonds. The Morgan fingerprint density at radius 1 is 1.24 bits per heavy atom. The van der Waals surface area contributed by atoms with Gasteiger partial charge in [-0.2, -0.15) is 0 Å². The molecule has 15 heteroatoms. The number of aliphatic hydroxyl groups is 2. The summed E-state index contributed by atoms with van der Waals surface area (Å²) in [6, 6.07) is 4.16. The molecule has 5 heterocycles. The second-order valence-corrected chi connectivity index (χ2v) is 11.7. The molecular formula is C27H35N10O5+. The van der Waals surface area contributed by atoms with Gasteiger partial charge in [0.25, 0.3) is 17.5 Å². The summed E-state index contributed by atoms with van der Waals surface area (Å²) in [7, 11) is 0. The van der Waals surface area contributed by atoms with Crippen molar-refractivity contribution in [1.29, 1.82) is 0 Å². The van der Waals surface area contributed by atoms with Gasteiger partial charge in [-0.25, -0.2) is 20.3 Å². The lowest BCUT2D eigenvalue weighted by atomic mass is 9.79. The standard InChI is InChI=1S/C27H34N10O5/c1-13-7-9-30-20(32-13)22(39)31-11-16-19-26(36-23(28)35-19)27(40,41)17(12-37(26)24(29)33-16)34-21(38)14-5-4-6-15-18(14)42-10-8-25(15,2)3/h4-7,9,16-17,19,40-41H,8,10-12H2,1-3H3,(H2,29,33)(H,31,39)(H,34,38)(H3,28,35,36)/p+1/t16-,17?,19-,26?/m0/s1. The smallest absolute Gasteiger partial charge is 0.343 e. The van der Waals surface area contributed by atoms with Crippen LogP contribution in [0.3, 0.4) is 0 Å². The molecule has 1 fully saturated rings. The average molecular weight is 580 g/mol. The van der Waals surface area contributed by atoms with Crippen LogP contribution < -0.4 is 37.1 Å². The molecule has 4 aliphatic heterocycles. The maximum Gasteiger partial charge on any atom is 0.343 e. The molecule has 4 aliphatic rings. The van der Waals surface area contributed by atoms with Crippen LogP contribution in [0.1, 0.15) is 52.5 Å². The van der Waals surface area contributed by atoms with Crippen LogP contribution >= 0.6 is 0 Å². The van der Waals surface area contributed by atoms with Crippen molar-refractivity contribution >= 4 is 23.7 Å². The second-order valence-electron chi connectivity index (χ2n) is 11.7. The highest BCUT2D eigenvalue weighted by atomic mass is 16.5. The monoisotopic (exact) mass is 579 g/mol. The number of guanidine groups is 2. The first-order chi connectivity index (χ1) is 19.8. The van der Waals surface area contributed by atoms with E-state index in [1.807, 2.05) is 6.07 Å². The summed E-state index contributed by atoms with van der Waals surface area (Å²) in [6.07, 6.45) is 2.29. The van der Waals surface area contributed by atoms with Crippen LogP contribution in [0.15, 0.2) is 35.5 Å². The lowest BCUT2D eigenvalue weighted by molar-refractivity contribution is -0.521. The summed E-state index contributed by atoms with van der Waals surface area (Å²) < 4.78 is 5.90. The van der Waals surface area contributed by atoms with E-state index in [4.69, 9.17) is 16.2 Å². The maximum atomic E-state index is 13.6. The SMILES string of the molecule is Cc1ccnc(C(=O)NC[C@@H]2N=C(N)N3CC(NC(=O)c4cccc5c4OCCC5(C)C)C(O)(O)C34NC(N)=[NH+][C@@H]24)n1. The van der Waals surface area contributed by atoms with E-state index in [9.17, 15) is 19.8 Å². The molecule has 1 spiro atoms. The van der Waals surface area contributed by atoms with Crippen LogP contribution in [0.4, 0.5) is 0 Å². The number of fused-ring (bicyclic) bond motifs is 1. The molecule has 0 bridgehead atoms. The minimum absolute atomic E-state index is 0.0135. The number of amides is 2. The number of ether oxygens (including phenoxy) is 1. The van der Waals surface area contributed by atoms with Gasteiger partial charge in [-0.05, 0) is 30.9 Å². The van der Waals surface area contributed by atoms with Crippen molar-refractivity contribution in [2.24, 2.45) is 16.5 Å². The predicted octanol–water partition coefficient (Wildman–Crippen LogP) is -3.87. The Labute approximate surface area is 241 Å². The molecule has 10 N–H and O–H groups in total. The highest BCUT2D eigenvalue weighted by Gasteiger charge is 2.76. The van der Waals surface area contributed by atoms with Gasteiger partial charge in [0.1, 0.15) is 17.8 Å². The summed E-state index contributed by atoms with van der Waals surface area (Å²) in [6.45, 7) is 6.24. The number of hydrogen-bond donors (Lipinski definition) is 8. The van der Waals surface area contributed by atoms with E-state index in [2.05, 4.69) is 49.8 Å². The number of nitrogens with one attached hydrogen (secondary N) is 4.